The second-order valence-electron chi connectivity index (χ2n) is 4.80. The maximum Gasteiger partial charge on any atom is 0.274 e. The number of hydrazone groups is 1. The first-order valence-corrected chi connectivity index (χ1v) is 6.76. The van der Waals surface area contributed by atoms with Gasteiger partial charge in [-0.05, 0) is 25.5 Å². The first-order valence-electron chi connectivity index (χ1n) is 6.76. The van der Waals surface area contributed by atoms with Crippen LogP contribution in [0.3, 0.4) is 0 Å². The molecule has 0 atom stereocenters. The number of para-hydroxylation sites is 1. The molecule has 1 aromatic rings. The van der Waals surface area contributed by atoms with Crippen LogP contribution in [-0.2, 0) is 9.59 Å². The van der Waals surface area contributed by atoms with Gasteiger partial charge in [0, 0.05) is 32.1 Å². The predicted molar refractivity (Wildman–Crippen MR) is 78.6 cm³/mol. The molecule has 1 aliphatic heterocycles. The van der Waals surface area contributed by atoms with Crippen molar-refractivity contribution in [2.75, 3.05) is 18.5 Å². The first-order chi connectivity index (χ1) is 9.54. The Morgan fingerprint density at radius 3 is 2.65 bits per heavy atom. The van der Waals surface area contributed by atoms with E-state index in [2.05, 4.69) is 5.10 Å². The minimum Gasteiger partial charge on any atom is -0.307 e. The first kappa shape index (κ1) is 14.2. The maximum atomic E-state index is 12.6. The Hall–Kier alpha value is -2.17. The molecule has 0 fully saturated rings. The normalized spacial score (nSPS) is 15.1. The van der Waals surface area contributed by atoms with E-state index >= 15 is 0 Å². The number of hydrogen-bond acceptors (Lipinski definition) is 3. The summed E-state index contributed by atoms with van der Waals surface area (Å²) in [6.07, 6.45) is 0.747. The minimum atomic E-state index is -0.124. The van der Waals surface area contributed by atoms with Gasteiger partial charge in [-0.1, -0.05) is 18.2 Å². The van der Waals surface area contributed by atoms with E-state index in [0.717, 1.165) is 11.3 Å². The highest BCUT2D eigenvalue weighted by atomic mass is 16.2. The van der Waals surface area contributed by atoms with Gasteiger partial charge in [-0.25, -0.2) is 5.01 Å². The van der Waals surface area contributed by atoms with Gasteiger partial charge in [-0.15, -0.1) is 0 Å². The Bertz CT molecular complexity index is 566. The fraction of sp³-hybridized carbons (Fsp3) is 0.400. The number of amides is 2. The van der Waals surface area contributed by atoms with Crippen molar-refractivity contribution in [2.45, 2.75) is 26.7 Å². The number of anilines is 1. The van der Waals surface area contributed by atoms with Gasteiger partial charge in [0.2, 0.25) is 5.91 Å². The van der Waals surface area contributed by atoms with Crippen LogP contribution in [0.15, 0.2) is 29.4 Å². The van der Waals surface area contributed by atoms with Gasteiger partial charge < -0.3 is 4.90 Å². The highest BCUT2D eigenvalue weighted by Gasteiger charge is 2.26. The number of nitrogens with zero attached hydrogens (tertiary/aromatic N) is 3. The topological polar surface area (TPSA) is 53.0 Å². The molecule has 2 rings (SSSR count). The van der Waals surface area contributed by atoms with E-state index in [4.69, 9.17) is 0 Å². The third kappa shape index (κ3) is 2.71. The summed E-state index contributed by atoms with van der Waals surface area (Å²) in [7, 11) is 1.58. The molecule has 0 spiro atoms. The molecule has 5 heteroatoms. The summed E-state index contributed by atoms with van der Waals surface area (Å²) in [5, 5.41) is 5.35. The molecule has 0 N–H and O–H groups in total. The van der Waals surface area contributed by atoms with Crippen molar-refractivity contribution in [3.8, 4) is 0 Å². The average molecular weight is 273 g/mol. The number of aryl methyl sites for hydroxylation is 1. The molecule has 0 bridgehead atoms. The standard InChI is InChI=1S/C15H19N3O2/c1-4-18(13-8-6-5-7-11(13)2)15(20)12-9-10-14(19)17(3)16-12/h5-8H,4,9-10H2,1-3H3. The Labute approximate surface area is 118 Å². The number of carbonyl (C=O) groups excluding carboxylic acids is 2. The zero-order chi connectivity index (χ0) is 14.7. The van der Waals surface area contributed by atoms with Gasteiger partial charge in [-0.2, -0.15) is 5.10 Å². The highest BCUT2D eigenvalue weighted by Crippen LogP contribution is 2.21. The lowest BCUT2D eigenvalue weighted by Gasteiger charge is -2.26. The van der Waals surface area contributed by atoms with Gasteiger partial charge >= 0.3 is 0 Å². The molecule has 1 aliphatic rings. The second-order valence-corrected chi connectivity index (χ2v) is 4.80. The van der Waals surface area contributed by atoms with Gasteiger partial charge in [0.15, 0.2) is 0 Å². The smallest absolute Gasteiger partial charge is 0.274 e. The van der Waals surface area contributed by atoms with Crippen LogP contribution in [-0.4, -0.2) is 36.1 Å². The number of carbonyl (C=O) groups is 2. The molecule has 0 aromatic heterocycles. The van der Waals surface area contributed by atoms with Crippen molar-refractivity contribution < 1.29 is 9.59 Å². The lowest BCUT2D eigenvalue weighted by Crippen LogP contribution is -2.41. The molecule has 0 aliphatic carbocycles. The van der Waals surface area contributed by atoms with Gasteiger partial charge in [-0.3, -0.25) is 9.59 Å². The summed E-state index contributed by atoms with van der Waals surface area (Å²) >= 11 is 0. The molecule has 5 nitrogen and oxygen atoms in total. The van der Waals surface area contributed by atoms with E-state index in [1.54, 1.807) is 11.9 Å². The van der Waals surface area contributed by atoms with Crippen molar-refractivity contribution in [1.82, 2.24) is 5.01 Å². The molecule has 20 heavy (non-hydrogen) atoms. The quantitative estimate of drug-likeness (QED) is 0.845. The van der Waals surface area contributed by atoms with Crippen molar-refractivity contribution >= 4 is 23.2 Å². The zero-order valence-corrected chi connectivity index (χ0v) is 12.1. The molecule has 0 radical (unpaired) electrons. The number of hydrogen-bond donors (Lipinski definition) is 0. The number of benzene rings is 1. The zero-order valence-electron chi connectivity index (χ0n) is 12.1. The van der Waals surface area contributed by atoms with E-state index in [-0.39, 0.29) is 11.8 Å². The van der Waals surface area contributed by atoms with E-state index in [1.807, 2.05) is 38.1 Å². The minimum absolute atomic E-state index is 0.0551. The summed E-state index contributed by atoms with van der Waals surface area (Å²) < 4.78 is 0. The molecule has 0 saturated heterocycles. The van der Waals surface area contributed by atoms with Crippen LogP contribution in [0.5, 0.6) is 0 Å². The van der Waals surface area contributed by atoms with Crippen LogP contribution in [0.25, 0.3) is 0 Å². The monoisotopic (exact) mass is 273 g/mol. The summed E-state index contributed by atoms with van der Waals surface area (Å²) in [4.78, 5) is 25.7. The fourth-order valence-electron chi connectivity index (χ4n) is 2.27. The summed E-state index contributed by atoms with van der Waals surface area (Å²) in [6, 6.07) is 7.76. The van der Waals surface area contributed by atoms with Crippen molar-refractivity contribution in [1.29, 1.82) is 0 Å². The van der Waals surface area contributed by atoms with Crippen LogP contribution in [0.1, 0.15) is 25.3 Å². The van der Waals surface area contributed by atoms with E-state index in [0.29, 0.717) is 25.1 Å². The van der Waals surface area contributed by atoms with Crippen molar-refractivity contribution in [3.63, 3.8) is 0 Å². The Morgan fingerprint density at radius 2 is 2.05 bits per heavy atom. The third-order valence-corrected chi connectivity index (χ3v) is 3.42. The SMILES string of the molecule is CCN(C(=O)C1=NN(C)C(=O)CC1)c1ccccc1C. The Kier molecular flexibility index (Phi) is 4.17. The van der Waals surface area contributed by atoms with E-state index < -0.39 is 0 Å². The molecule has 0 saturated carbocycles. The van der Waals surface area contributed by atoms with Crippen LogP contribution < -0.4 is 4.90 Å². The maximum absolute atomic E-state index is 12.6. The molecule has 2 amide bonds. The van der Waals surface area contributed by atoms with Crippen molar-refractivity contribution in [3.05, 3.63) is 29.8 Å². The lowest BCUT2D eigenvalue weighted by molar-refractivity contribution is -0.130. The summed E-state index contributed by atoms with van der Waals surface area (Å²) in [6.45, 7) is 4.48. The third-order valence-electron chi connectivity index (χ3n) is 3.42. The largest absolute Gasteiger partial charge is 0.307 e. The van der Waals surface area contributed by atoms with E-state index in [9.17, 15) is 9.59 Å². The van der Waals surface area contributed by atoms with Gasteiger partial charge in [0.05, 0.1) is 0 Å². The molecule has 1 aromatic carbocycles. The summed E-state index contributed by atoms with van der Waals surface area (Å²) in [5.41, 5.74) is 2.38. The van der Waals surface area contributed by atoms with Crippen LogP contribution >= 0.6 is 0 Å². The van der Waals surface area contributed by atoms with E-state index in [1.165, 1.54) is 5.01 Å². The second kappa shape index (κ2) is 5.86. The Balaban J connectivity index is 2.29. The van der Waals surface area contributed by atoms with Crippen LogP contribution in [0.2, 0.25) is 0 Å². The van der Waals surface area contributed by atoms with Gasteiger partial charge in [0.25, 0.3) is 5.91 Å². The molecular formula is C15H19N3O2. The fourth-order valence-corrected chi connectivity index (χ4v) is 2.27. The highest BCUT2D eigenvalue weighted by molar-refractivity contribution is 6.44. The molecule has 106 valence electrons. The lowest BCUT2D eigenvalue weighted by atomic mass is 10.1. The average Bonchev–Trinajstić information content (AvgIpc) is 2.44. The number of rotatable bonds is 3. The van der Waals surface area contributed by atoms with Gasteiger partial charge in [0.1, 0.15) is 5.71 Å². The summed E-state index contributed by atoms with van der Waals surface area (Å²) in [5.74, 6) is -0.179. The van der Waals surface area contributed by atoms with Crippen LogP contribution in [0.4, 0.5) is 5.69 Å². The van der Waals surface area contributed by atoms with Crippen LogP contribution in [0, 0.1) is 6.92 Å². The predicted octanol–water partition coefficient (Wildman–Crippen LogP) is 1.96. The Morgan fingerprint density at radius 1 is 1.35 bits per heavy atom. The molecule has 1 heterocycles. The molecule has 0 unspecified atom stereocenters. The molecular weight excluding hydrogens is 254 g/mol. The van der Waals surface area contributed by atoms with Crippen molar-refractivity contribution in [2.24, 2.45) is 5.10 Å².